The van der Waals surface area contributed by atoms with Crippen LogP contribution in [0.3, 0.4) is 0 Å². The Morgan fingerprint density at radius 3 is 2.67 bits per heavy atom. The van der Waals surface area contributed by atoms with Gasteiger partial charge in [-0.05, 0) is 67.2 Å². The summed E-state index contributed by atoms with van der Waals surface area (Å²) in [5.74, 6) is -2.37. The van der Waals surface area contributed by atoms with Gasteiger partial charge in [-0.3, -0.25) is 14.9 Å². The largest absolute Gasteiger partial charge is 0.485 e. The third-order valence-electron chi connectivity index (χ3n) is 7.35. The second kappa shape index (κ2) is 10.7. The van der Waals surface area contributed by atoms with Crippen molar-refractivity contribution in [1.29, 1.82) is 0 Å². The van der Waals surface area contributed by atoms with Gasteiger partial charge in [0.2, 0.25) is 0 Å². The number of amides is 1. The van der Waals surface area contributed by atoms with Crippen molar-refractivity contribution in [3.8, 4) is 17.0 Å². The Labute approximate surface area is 228 Å². The molecule has 40 heavy (non-hydrogen) atoms. The van der Waals surface area contributed by atoms with Crippen LogP contribution in [0.5, 0.6) is 5.75 Å². The topological polar surface area (TPSA) is 119 Å². The van der Waals surface area contributed by atoms with Crippen molar-refractivity contribution >= 4 is 23.2 Å². The molecule has 2 aliphatic rings. The number of benzene rings is 2. The van der Waals surface area contributed by atoms with Crippen molar-refractivity contribution in [2.75, 3.05) is 24.2 Å². The number of ketones is 1. The first-order valence-electron chi connectivity index (χ1n) is 12.8. The number of rotatable bonds is 9. The molecule has 2 heterocycles. The number of aromatic nitrogens is 2. The monoisotopic (exact) mass is 551 g/mol. The first-order chi connectivity index (χ1) is 19.1. The number of hydrogen-bond donors (Lipinski definition) is 3. The fraction of sp³-hybridized carbons (Fsp3) is 0.310. The van der Waals surface area contributed by atoms with Gasteiger partial charge < -0.3 is 15.8 Å². The fourth-order valence-corrected chi connectivity index (χ4v) is 4.94. The molecule has 1 saturated carbocycles. The van der Waals surface area contributed by atoms with Crippen LogP contribution in [0.25, 0.3) is 11.3 Å². The molecule has 1 aliphatic carbocycles. The van der Waals surface area contributed by atoms with Crippen LogP contribution >= 0.6 is 0 Å². The van der Waals surface area contributed by atoms with Crippen LogP contribution in [0, 0.1) is 18.6 Å². The van der Waals surface area contributed by atoms with Gasteiger partial charge in [-0.2, -0.15) is 0 Å². The van der Waals surface area contributed by atoms with Crippen molar-refractivity contribution in [3.05, 3.63) is 77.6 Å². The lowest BCUT2D eigenvalue weighted by Crippen LogP contribution is -2.51. The predicted molar refractivity (Wildman–Crippen MR) is 144 cm³/mol. The highest BCUT2D eigenvalue weighted by Crippen LogP contribution is 2.41. The second-order valence-electron chi connectivity index (χ2n) is 10.2. The molecule has 208 valence electrons. The number of ether oxygens (including phenoxy) is 1. The van der Waals surface area contributed by atoms with Crippen molar-refractivity contribution < 1.29 is 27.5 Å². The number of nitrogen functional groups attached to an aromatic ring is 1. The minimum Gasteiger partial charge on any atom is -0.485 e. The number of carbonyl (C=O) groups is 2. The normalized spacial score (nSPS) is 20.2. The maximum Gasteiger partial charge on any atom is 0.258 e. The number of alkyl halides is 1. The van der Waals surface area contributed by atoms with Gasteiger partial charge in [0.15, 0.2) is 17.4 Å². The third-order valence-corrected chi connectivity index (χ3v) is 7.35. The van der Waals surface area contributed by atoms with E-state index >= 15 is 0 Å². The Balaban J connectivity index is 1.45. The highest BCUT2D eigenvalue weighted by atomic mass is 19.1. The molecule has 2 aromatic carbocycles. The molecule has 1 saturated heterocycles. The molecule has 0 bridgehead atoms. The zero-order chi connectivity index (χ0) is 28.6. The number of carbonyl (C=O) groups excluding carboxylic acids is 2. The molecule has 1 amide bonds. The Hall–Kier alpha value is -4.25. The summed E-state index contributed by atoms with van der Waals surface area (Å²) in [5, 5.41) is 5.45. The molecule has 2 fully saturated rings. The number of nitrogens with two attached hydrogens (primary N) is 1. The van der Waals surface area contributed by atoms with Gasteiger partial charge in [-0.25, -0.2) is 23.1 Å². The third kappa shape index (κ3) is 5.29. The molecule has 3 aromatic rings. The van der Waals surface area contributed by atoms with E-state index in [1.54, 1.807) is 13.0 Å². The molecule has 0 unspecified atom stereocenters. The Morgan fingerprint density at radius 1 is 1.25 bits per heavy atom. The zero-order valence-electron chi connectivity index (χ0n) is 21.8. The number of hydrogen-bond acceptors (Lipinski definition) is 7. The zero-order valence-corrected chi connectivity index (χ0v) is 21.8. The molecule has 1 aromatic heterocycles. The summed E-state index contributed by atoms with van der Waals surface area (Å²) in [6, 6.07) is 6.80. The minimum absolute atomic E-state index is 0.0352. The predicted octanol–water partition coefficient (Wildman–Crippen LogP) is 4.65. The fourth-order valence-electron chi connectivity index (χ4n) is 4.94. The molecule has 1 aliphatic heterocycles. The van der Waals surface area contributed by atoms with Gasteiger partial charge in [-0.1, -0.05) is 12.6 Å². The summed E-state index contributed by atoms with van der Waals surface area (Å²) in [4.78, 5) is 33.7. The summed E-state index contributed by atoms with van der Waals surface area (Å²) >= 11 is 0. The quantitative estimate of drug-likeness (QED) is 0.331. The highest BCUT2D eigenvalue weighted by Gasteiger charge is 2.45. The number of nitrogens with zero attached hydrogens (tertiary/aromatic N) is 2. The van der Waals surface area contributed by atoms with Gasteiger partial charge in [-0.15, -0.1) is 0 Å². The Morgan fingerprint density at radius 2 is 2.02 bits per heavy atom. The van der Waals surface area contributed by atoms with E-state index in [0.717, 1.165) is 36.9 Å². The molecule has 2 atom stereocenters. The number of nitrogens with one attached hydrogen (secondary N) is 2. The molecular weight excluding hydrogens is 523 g/mol. The van der Waals surface area contributed by atoms with Gasteiger partial charge in [0.05, 0.1) is 5.56 Å². The average molecular weight is 552 g/mol. The molecule has 4 N–H and O–H groups in total. The molecule has 0 spiro atoms. The van der Waals surface area contributed by atoms with E-state index in [9.17, 15) is 22.8 Å². The van der Waals surface area contributed by atoms with Crippen molar-refractivity contribution in [1.82, 2.24) is 15.3 Å². The summed E-state index contributed by atoms with van der Waals surface area (Å²) in [6.45, 7) is 4.77. The minimum atomic E-state index is -1.37. The van der Waals surface area contributed by atoms with E-state index in [0.29, 0.717) is 11.5 Å². The highest BCUT2D eigenvalue weighted by molar-refractivity contribution is 6.05. The molecular formula is C29H28F3N5O3. The molecule has 0 radical (unpaired) electrons. The van der Waals surface area contributed by atoms with E-state index in [1.165, 1.54) is 18.2 Å². The summed E-state index contributed by atoms with van der Waals surface area (Å²) in [6.07, 6.45) is 2.85. The van der Waals surface area contributed by atoms with Gasteiger partial charge in [0.1, 0.15) is 42.0 Å². The number of anilines is 2. The van der Waals surface area contributed by atoms with E-state index in [2.05, 4.69) is 27.2 Å². The van der Waals surface area contributed by atoms with Crippen molar-refractivity contribution in [3.63, 3.8) is 0 Å². The van der Waals surface area contributed by atoms with E-state index in [1.807, 2.05) is 0 Å². The van der Waals surface area contributed by atoms with Gasteiger partial charge >= 0.3 is 0 Å². The maximum atomic E-state index is 14.8. The van der Waals surface area contributed by atoms with Crippen LogP contribution in [0.2, 0.25) is 0 Å². The van der Waals surface area contributed by atoms with E-state index in [-0.39, 0.29) is 53.6 Å². The lowest BCUT2D eigenvalue weighted by molar-refractivity contribution is -0.121. The number of halogens is 3. The van der Waals surface area contributed by atoms with Gasteiger partial charge in [0.25, 0.3) is 5.91 Å². The van der Waals surface area contributed by atoms with Crippen LogP contribution in [0.4, 0.5) is 24.7 Å². The lowest BCUT2D eigenvalue weighted by atomic mass is 9.92. The lowest BCUT2D eigenvalue weighted by Gasteiger charge is -2.27. The molecule has 8 nitrogen and oxygen atoms in total. The maximum absolute atomic E-state index is 14.8. The first kappa shape index (κ1) is 27.3. The Bertz CT molecular complexity index is 1510. The molecule has 11 heteroatoms. The van der Waals surface area contributed by atoms with Crippen molar-refractivity contribution in [2.24, 2.45) is 0 Å². The Kier molecular flexibility index (Phi) is 7.33. The summed E-state index contributed by atoms with van der Waals surface area (Å²) in [7, 11) is 0. The summed E-state index contributed by atoms with van der Waals surface area (Å²) < 4.78 is 49.5. The van der Waals surface area contributed by atoms with Crippen LogP contribution in [-0.2, 0) is 4.79 Å². The standard InChI is InChI=1S/C29H28F3N5O3/c1-3-24(38)29(11-19(31)12-36-29)13-40-26-25(34-14-35-27(26)33)21-9-18(30)10-23(15(21)2)37-28(39)20-7-6-17(8-22(20)32)16-4-5-16/h3,6-10,14,16,19,36H,1,4-5,11-13H2,2H3,(H,37,39)(H2,33,34,35)/t19-,29+/m1/s1. The van der Waals surface area contributed by atoms with E-state index < -0.39 is 35.0 Å². The first-order valence-corrected chi connectivity index (χ1v) is 12.8. The van der Waals surface area contributed by atoms with Gasteiger partial charge in [0, 0.05) is 24.2 Å². The van der Waals surface area contributed by atoms with Crippen LogP contribution < -0.4 is 21.1 Å². The molecule has 5 rings (SSSR count). The van der Waals surface area contributed by atoms with Crippen LogP contribution in [0.1, 0.15) is 46.7 Å². The average Bonchev–Trinajstić information content (AvgIpc) is 3.71. The summed E-state index contributed by atoms with van der Waals surface area (Å²) in [5.41, 5.74) is 6.19. The van der Waals surface area contributed by atoms with Crippen LogP contribution in [0.15, 0.2) is 49.3 Å². The van der Waals surface area contributed by atoms with E-state index in [4.69, 9.17) is 10.5 Å². The van der Waals surface area contributed by atoms with Crippen molar-refractivity contribution in [2.45, 2.75) is 43.8 Å². The van der Waals surface area contributed by atoms with Crippen LogP contribution in [-0.4, -0.2) is 46.5 Å². The SMILES string of the molecule is C=CC(=O)[C@@]1(COc2c(N)ncnc2-c2cc(F)cc(NC(=O)c3ccc(C4CC4)cc3F)c2C)C[C@@H](F)CN1. The smallest absolute Gasteiger partial charge is 0.258 e. The second-order valence-corrected chi connectivity index (χ2v) is 10.2.